The van der Waals surface area contributed by atoms with E-state index in [1.807, 2.05) is 19.1 Å². The van der Waals surface area contributed by atoms with E-state index in [4.69, 9.17) is 10.5 Å². The van der Waals surface area contributed by atoms with Gasteiger partial charge < -0.3 is 10.5 Å². The van der Waals surface area contributed by atoms with Crippen molar-refractivity contribution >= 4 is 0 Å². The molecular weight excluding hydrogens is 200 g/mol. The van der Waals surface area contributed by atoms with Crippen LogP contribution in [0.2, 0.25) is 0 Å². The second-order valence-electron chi connectivity index (χ2n) is 4.72. The Kier molecular flexibility index (Phi) is 4.74. The van der Waals surface area contributed by atoms with Crippen LogP contribution in [0.1, 0.15) is 38.4 Å². The van der Waals surface area contributed by atoms with Crippen molar-refractivity contribution < 1.29 is 4.74 Å². The topological polar surface area (TPSA) is 48.1 Å². The Morgan fingerprint density at radius 3 is 2.56 bits per heavy atom. The molecule has 3 nitrogen and oxygen atoms in total. The van der Waals surface area contributed by atoms with E-state index in [2.05, 4.69) is 25.8 Å². The first kappa shape index (κ1) is 13.0. The van der Waals surface area contributed by atoms with Gasteiger partial charge in [-0.25, -0.2) is 4.98 Å². The van der Waals surface area contributed by atoms with Crippen molar-refractivity contribution in [3.63, 3.8) is 0 Å². The number of aryl methyl sites for hydroxylation is 1. The van der Waals surface area contributed by atoms with E-state index in [1.165, 1.54) is 0 Å². The highest BCUT2D eigenvalue weighted by molar-refractivity contribution is 5.24. The maximum Gasteiger partial charge on any atom is 0.214 e. The number of aromatic nitrogens is 1. The molecule has 1 aromatic rings. The van der Waals surface area contributed by atoms with Crippen LogP contribution in [-0.2, 0) is 6.54 Å². The molecule has 90 valence electrons. The van der Waals surface area contributed by atoms with Crippen molar-refractivity contribution in [1.82, 2.24) is 4.98 Å². The lowest BCUT2D eigenvalue weighted by molar-refractivity contribution is 0.185. The van der Waals surface area contributed by atoms with Crippen molar-refractivity contribution in [2.24, 2.45) is 11.7 Å². The van der Waals surface area contributed by atoms with Gasteiger partial charge in [0.2, 0.25) is 5.88 Å². The third-order valence-corrected chi connectivity index (χ3v) is 2.35. The molecule has 0 radical (unpaired) electrons. The Labute approximate surface area is 98.0 Å². The highest BCUT2D eigenvalue weighted by atomic mass is 16.5. The first-order valence-electron chi connectivity index (χ1n) is 5.85. The summed E-state index contributed by atoms with van der Waals surface area (Å²) in [5, 5.41) is 0. The van der Waals surface area contributed by atoms with Crippen LogP contribution in [0.3, 0.4) is 0 Å². The molecule has 0 fully saturated rings. The molecule has 3 heteroatoms. The fraction of sp³-hybridized carbons (Fsp3) is 0.615. The second kappa shape index (κ2) is 5.85. The Bertz CT molecular complexity index is 337. The maximum atomic E-state index is 5.78. The number of hydrogen-bond acceptors (Lipinski definition) is 3. The van der Waals surface area contributed by atoms with E-state index in [9.17, 15) is 0 Å². The van der Waals surface area contributed by atoms with Crippen molar-refractivity contribution in [3.05, 3.63) is 23.4 Å². The second-order valence-corrected chi connectivity index (χ2v) is 4.72. The molecule has 16 heavy (non-hydrogen) atoms. The van der Waals surface area contributed by atoms with E-state index in [1.54, 1.807) is 0 Å². The largest absolute Gasteiger partial charge is 0.475 e. The van der Waals surface area contributed by atoms with Crippen LogP contribution in [0.25, 0.3) is 0 Å². The van der Waals surface area contributed by atoms with Gasteiger partial charge in [-0.1, -0.05) is 13.8 Å². The van der Waals surface area contributed by atoms with Crippen LogP contribution in [0.15, 0.2) is 12.1 Å². The molecule has 0 amide bonds. The fourth-order valence-corrected chi connectivity index (χ4v) is 1.80. The molecule has 0 aliphatic carbocycles. The summed E-state index contributed by atoms with van der Waals surface area (Å²) in [7, 11) is 0. The van der Waals surface area contributed by atoms with E-state index >= 15 is 0 Å². The number of nitrogens with zero attached hydrogens (tertiary/aromatic N) is 1. The molecule has 1 heterocycles. The Hall–Kier alpha value is -1.09. The third kappa shape index (κ3) is 4.19. The summed E-state index contributed by atoms with van der Waals surface area (Å²) in [6, 6.07) is 3.91. The average Bonchev–Trinajstić information content (AvgIpc) is 2.14. The van der Waals surface area contributed by atoms with Crippen molar-refractivity contribution in [1.29, 1.82) is 0 Å². The zero-order valence-corrected chi connectivity index (χ0v) is 10.7. The monoisotopic (exact) mass is 222 g/mol. The summed E-state index contributed by atoms with van der Waals surface area (Å²) in [6.07, 6.45) is 1.23. The smallest absolute Gasteiger partial charge is 0.214 e. The minimum atomic E-state index is 0.194. The van der Waals surface area contributed by atoms with Crippen molar-refractivity contribution in [2.75, 3.05) is 0 Å². The lowest BCUT2D eigenvalue weighted by Crippen LogP contribution is -2.15. The molecule has 2 N–H and O–H groups in total. The molecule has 0 bridgehead atoms. The SMILES string of the molecule is Cc1cc(CN)cc(OC(C)CC(C)C)n1. The molecule has 1 unspecified atom stereocenters. The van der Waals surface area contributed by atoms with Gasteiger partial charge in [-0.3, -0.25) is 0 Å². The Balaban J connectivity index is 2.69. The Morgan fingerprint density at radius 1 is 1.31 bits per heavy atom. The summed E-state index contributed by atoms with van der Waals surface area (Å²) in [4.78, 5) is 4.35. The average molecular weight is 222 g/mol. The first-order chi connectivity index (χ1) is 7.51. The number of pyridine rings is 1. The summed E-state index contributed by atoms with van der Waals surface area (Å²) >= 11 is 0. The zero-order chi connectivity index (χ0) is 12.1. The molecule has 1 aromatic heterocycles. The van der Waals surface area contributed by atoms with Crippen LogP contribution in [-0.4, -0.2) is 11.1 Å². The molecule has 0 aliphatic heterocycles. The third-order valence-electron chi connectivity index (χ3n) is 2.35. The van der Waals surface area contributed by atoms with Gasteiger partial charge in [0.05, 0.1) is 6.10 Å². The minimum Gasteiger partial charge on any atom is -0.475 e. The maximum absolute atomic E-state index is 5.78. The van der Waals surface area contributed by atoms with Crippen LogP contribution in [0, 0.1) is 12.8 Å². The zero-order valence-electron chi connectivity index (χ0n) is 10.7. The first-order valence-corrected chi connectivity index (χ1v) is 5.85. The summed E-state index contributed by atoms with van der Waals surface area (Å²) in [5.74, 6) is 1.32. The molecule has 0 spiro atoms. The van der Waals surface area contributed by atoms with Crippen LogP contribution < -0.4 is 10.5 Å². The number of ether oxygens (including phenoxy) is 1. The lowest BCUT2D eigenvalue weighted by atomic mass is 10.1. The van der Waals surface area contributed by atoms with Gasteiger partial charge in [0.1, 0.15) is 0 Å². The summed E-state index contributed by atoms with van der Waals surface area (Å²) < 4.78 is 5.78. The predicted molar refractivity (Wildman–Crippen MR) is 66.4 cm³/mol. The molecule has 0 aliphatic rings. The molecule has 0 saturated carbocycles. The van der Waals surface area contributed by atoms with Gasteiger partial charge in [-0.05, 0) is 37.8 Å². The lowest BCUT2D eigenvalue weighted by Gasteiger charge is -2.16. The van der Waals surface area contributed by atoms with Gasteiger partial charge in [-0.2, -0.15) is 0 Å². The molecular formula is C13H22N2O. The van der Waals surface area contributed by atoms with Crippen molar-refractivity contribution in [2.45, 2.75) is 46.8 Å². The van der Waals surface area contributed by atoms with E-state index < -0.39 is 0 Å². The normalized spacial score (nSPS) is 12.9. The molecule has 1 atom stereocenters. The standard InChI is InChI=1S/C13H22N2O/c1-9(2)5-11(4)16-13-7-12(8-14)6-10(3)15-13/h6-7,9,11H,5,8,14H2,1-4H3. The highest BCUT2D eigenvalue weighted by Crippen LogP contribution is 2.16. The summed E-state index contributed by atoms with van der Waals surface area (Å²) in [5.41, 5.74) is 7.64. The van der Waals surface area contributed by atoms with Crippen LogP contribution in [0.4, 0.5) is 0 Å². The van der Waals surface area contributed by atoms with Crippen LogP contribution >= 0.6 is 0 Å². The quantitative estimate of drug-likeness (QED) is 0.833. The predicted octanol–water partition coefficient (Wildman–Crippen LogP) is 2.66. The van der Waals surface area contributed by atoms with Gasteiger partial charge in [0, 0.05) is 18.3 Å². The fourth-order valence-electron chi connectivity index (χ4n) is 1.80. The van der Waals surface area contributed by atoms with Gasteiger partial charge in [-0.15, -0.1) is 0 Å². The Morgan fingerprint density at radius 2 is 2.00 bits per heavy atom. The van der Waals surface area contributed by atoms with Crippen molar-refractivity contribution in [3.8, 4) is 5.88 Å². The van der Waals surface area contributed by atoms with E-state index in [-0.39, 0.29) is 6.10 Å². The molecule has 0 saturated heterocycles. The van der Waals surface area contributed by atoms with Gasteiger partial charge >= 0.3 is 0 Å². The van der Waals surface area contributed by atoms with E-state index in [0.29, 0.717) is 18.3 Å². The number of rotatable bonds is 5. The van der Waals surface area contributed by atoms with Crippen LogP contribution in [0.5, 0.6) is 5.88 Å². The molecule has 1 rings (SSSR count). The summed E-state index contributed by atoms with van der Waals surface area (Å²) in [6.45, 7) is 8.94. The number of nitrogens with two attached hydrogens (primary N) is 1. The number of hydrogen-bond donors (Lipinski definition) is 1. The van der Waals surface area contributed by atoms with Gasteiger partial charge in [0.15, 0.2) is 0 Å². The molecule has 0 aromatic carbocycles. The highest BCUT2D eigenvalue weighted by Gasteiger charge is 2.08. The minimum absolute atomic E-state index is 0.194. The van der Waals surface area contributed by atoms with E-state index in [0.717, 1.165) is 17.7 Å². The van der Waals surface area contributed by atoms with Gasteiger partial charge in [0.25, 0.3) is 0 Å².